The molecule has 0 heterocycles. The van der Waals surface area contributed by atoms with Crippen molar-refractivity contribution in [2.45, 2.75) is 6.42 Å². The third kappa shape index (κ3) is 3.20. The average molecular weight is 256 g/mol. The van der Waals surface area contributed by atoms with Crippen LogP contribution in [0.2, 0.25) is 0 Å². The van der Waals surface area contributed by atoms with Crippen molar-refractivity contribution in [1.29, 1.82) is 0 Å². The van der Waals surface area contributed by atoms with Gasteiger partial charge in [0.2, 0.25) is 0 Å². The molecule has 1 N–H and O–H groups in total. The topological polar surface area (TPSA) is 46.5 Å². The quantitative estimate of drug-likeness (QED) is 0.836. The minimum atomic E-state index is -0.0156. The minimum absolute atomic E-state index is 0.0156. The predicted molar refractivity (Wildman–Crippen MR) is 73.7 cm³/mol. The van der Waals surface area contributed by atoms with Crippen LogP contribution in [0.15, 0.2) is 48.5 Å². The fraction of sp³-hybridized carbons (Fsp3) is 0.188. The number of methoxy groups -OCH3 is 1. The summed E-state index contributed by atoms with van der Waals surface area (Å²) in [5.74, 6) is 0.716. The first-order valence-corrected chi connectivity index (χ1v) is 6.13. The van der Waals surface area contributed by atoms with Crippen molar-refractivity contribution in [3.05, 3.63) is 65.2 Å². The molecular weight excluding hydrogens is 240 g/mol. The van der Waals surface area contributed by atoms with Crippen LogP contribution in [0.5, 0.6) is 5.75 Å². The summed E-state index contributed by atoms with van der Waals surface area (Å²) in [4.78, 5) is 12.2. The summed E-state index contributed by atoms with van der Waals surface area (Å²) >= 11 is 0. The van der Waals surface area contributed by atoms with Gasteiger partial charge in [-0.25, -0.2) is 0 Å². The molecule has 3 heteroatoms. The van der Waals surface area contributed by atoms with E-state index in [0.717, 1.165) is 11.3 Å². The summed E-state index contributed by atoms with van der Waals surface area (Å²) < 4.78 is 5.06. The third-order valence-electron chi connectivity index (χ3n) is 2.97. The molecule has 0 aromatic heterocycles. The van der Waals surface area contributed by atoms with Crippen LogP contribution in [-0.2, 0) is 6.42 Å². The van der Waals surface area contributed by atoms with Gasteiger partial charge in [-0.15, -0.1) is 0 Å². The lowest BCUT2D eigenvalue weighted by Gasteiger charge is -2.04. The lowest BCUT2D eigenvalue weighted by molar-refractivity contribution is 0.103. The number of aliphatic hydroxyl groups excluding tert-OH is 1. The van der Waals surface area contributed by atoms with Crippen molar-refractivity contribution in [3.63, 3.8) is 0 Å². The summed E-state index contributed by atoms with van der Waals surface area (Å²) in [7, 11) is 1.59. The molecule has 0 radical (unpaired) electrons. The molecule has 0 bridgehead atoms. The van der Waals surface area contributed by atoms with Gasteiger partial charge >= 0.3 is 0 Å². The molecule has 98 valence electrons. The van der Waals surface area contributed by atoms with E-state index in [4.69, 9.17) is 9.84 Å². The monoisotopic (exact) mass is 256 g/mol. The molecule has 0 spiro atoms. The number of benzene rings is 2. The van der Waals surface area contributed by atoms with E-state index < -0.39 is 0 Å². The molecule has 0 saturated carbocycles. The van der Waals surface area contributed by atoms with Gasteiger partial charge in [-0.1, -0.05) is 24.3 Å². The molecule has 19 heavy (non-hydrogen) atoms. The maximum Gasteiger partial charge on any atom is 0.193 e. The van der Waals surface area contributed by atoms with Gasteiger partial charge in [-0.05, 0) is 36.2 Å². The van der Waals surface area contributed by atoms with Crippen molar-refractivity contribution >= 4 is 5.78 Å². The molecular formula is C16H16O3. The van der Waals surface area contributed by atoms with Crippen LogP contribution in [0.3, 0.4) is 0 Å². The van der Waals surface area contributed by atoms with Crippen LogP contribution in [0.4, 0.5) is 0 Å². The summed E-state index contributed by atoms with van der Waals surface area (Å²) in [6.07, 6.45) is 0.608. The zero-order valence-corrected chi connectivity index (χ0v) is 10.8. The molecule has 0 saturated heterocycles. The Labute approximate surface area is 112 Å². The van der Waals surface area contributed by atoms with Gasteiger partial charge in [0.15, 0.2) is 5.78 Å². The predicted octanol–water partition coefficient (Wildman–Crippen LogP) is 2.46. The Bertz CT molecular complexity index is 541. The largest absolute Gasteiger partial charge is 0.497 e. The van der Waals surface area contributed by atoms with E-state index in [2.05, 4.69) is 0 Å². The van der Waals surface area contributed by atoms with Crippen LogP contribution in [0.1, 0.15) is 21.5 Å². The SMILES string of the molecule is COc1ccc(C(=O)c2ccc(CCO)cc2)cc1. The highest BCUT2D eigenvalue weighted by Crippen LogP contribution is 2.15. The number of aliphatic hydroxyl groups is 1. The van der Waals surface area contributed by atoms with Crippen molar-refractivity contribution in [1.82, 2.24) is 0 Å². The highest BCUT2D eigenvalue weighted by molar-refractivity contribution is 6.09. The van der Waals surface area contributed by atoms with Gasteiger partial charge in [-0.2, -0.15) is 0 Å². The number of hydrogen-bond donors (Lipinski definition) is 1. The Morgan fingerprint density at radius 3 is 2.00 bits per heavy atom. The first-order chi connectivity index (χ1) is 9.24. The van der Waals surface area contributed by atoms with E-state index in [1.54, 1.807) is 43.5 Å². The molecule has 0 aliphatic heterocycles. The second-order valence-corrected chi connectivity index (χ2v) is 4.23. The second-order valence-electron chi connectivity index (χ2n) is 4.23. The molecule has 0 aliphatic carbocycles. The van der Waals surface area contributed by atoms with Crippen LogP contribution in [0, 0.1) is 0 Å². The Hall–Kier alpha value is -2.13. The van der Waals surface area contributed by atoms with Gasteiger partial charge in [-0.3, -0.25) is 4.79 Å². The van der Waals surface area contributed by atoms with Gasteiger partial charge in [0.25, 0.3) is 0 Å². The lowest BCUT2D eigenvalue weighted by atomic mass is 10.0. The molecule has 2 aromatic rings. The van der Waals surface area contributed by atoms with Gasteiger partial charge in [0, 0.05) is 17.7 Å². The highest BCUT2D eigenvalue weighted by Gasteiger charge is 2.08. The number of hydrogen-bond acceptors (Lipinski definition) is 3. The first-order valence-electron chi connectivity index (χ1n) is 6.13. The molecule has 2 aromatic carbocycles. The maximum atomic E-state index is 12.2. The summed E-state index contributed by atoms with van der Waals surface area (Å²) in [6.45, 7) is 0.117. The Kier molecular flexibility index (Phi) is 4.31. The van der Waals surface area contributed by atoms with Gasteiger partial charge < -0.3 is 9.84 Å². The second kappa shape index (κ2) is 6.16. The molecule has 0 fully saturated rings. The summed E-state index contributed by atoms with van der Waals surface area (Å²) in [6, 6.07) is 14.4. The van der Waals surface area contributed by atoms with E-state index in [-0.39, 0.29) is 12.4 Å². The van der Waals surface area contributed by atoms with Crippen LogP contribution >= 0.6 is 0 Å². The van der Waals surface area contributed by atoms with Crippen molar-refractivity contribution in [2.75, 3.05) is 13.7 Å². The zero-order chi connectivity index (χ0) is 13.7. The Morgan fingerprint density at radius 2 is 1.53 bits per heavy atom. The number of carbonyl (C=O) groups is 1. The summed E-state index contributed by atoms with van der Waals surface area (Å²) in [5, 5.41) is 8.85. The van der Waals surface area contributed by atoms with Crippen molar-refractivity contribution in [3.8, 4) is 5.75 Å². The van der Waals surface area contributed by atoms with Crippen LogP contribution < -0.4 is 4.74 Å². The number of carbonyl (C=O) groups excluding carboxylic acids is 1. The standard InChI is InChI=1S/C16H16O3/c1-19-15-8-6-14(7-9-15)16(18)13-4-2-12(3-5-13)10-11-17/h2-9,17H,10-11H2,1H3. The molecule has 0 atom stereocenters. The van der Waals surface area contributed by atoms with Crippen LogP contribution in [0.25, 0.3) is 0 Å². The zero-order valence-electron chi connectivity index (χ0n) is 10.8. The Morgan fingerprint density at radius 1 is 1.00 bits per heavy atom. The van der Waals surface area contributed by atoms with E-state index in [1.807, 2.05) is 12.1 Å². The minimum Gasteiger partial charge on any atom is -0.497 e. The van der Waals surface area contributed by atoms with Crippen LogP contribution in [-0.4, -0.2) is 24.6 Å². The highest BCUT2D eigenvalue weighted by atomic mass is 16.5. The average Bonchev–Trinajstić information content (AvgIpc) is 2.48. The molecule has 0 aliphatic rings. The Balaban J connectivity index is 2.18. The molecule has 0 unspecified atom stereocenters. The summed E-state index contributed by atoms with van der Waals surface area (Å²) in [5.41, 5.74) is 2.30. The van der Waals surface area contributed by atoms with Gasteiger partial charge in [0.05, 0.1) is 7.11 Å². The lowest BCUT2D eigenvalue weighted by Crippen LogP contribution is -2.01. The smallest absolute Gasteiger partial charge is 0.193 e. The fourth-order valence-electron chi connectivity index (χ4n) is 1.86. The van der Waals surface area contributed by atoms with E-state index >= 15 is 0 Å². The fourth-order valence-corrected chi connectivity index (χ4v) is 1.86. The van der Waals surface area contributed by atoms with Crippen molar-refractivity contribution in [2.24, 2.45) is 0 Å². The van der Waals surface area contributed by atoms with Crippen molar-refractivity contribution < 1.29 is 14.6 Å². The first kappa shape index (κ1) is 13.3. The molecule has 3 nitrogen and oxygen atoms in total. The normalized spacial score (nSPS) is 10.2. The number of ether oxygens (including phenoxy) is 1. The van der Waals surface area contributed by atoms with E-state index in [0.29, 0.717) is 17.5 Å². The van der Waals surface area contributed by atoms with Gasteiger partial charge in [0.1, 0.15) is 5.75 Å². The number of ketones is 1. The number of rotatable bonds is 5. The molecule has 2 rings (SSSR count). The molecule has 0 amide bonds. The van der Waals surface area contributed by atoms with E-state index in [1.165, 1.54) is 0 Å². The third-order valence-corrected chi connectivity index (χ3v) is 2.97. The maximum absolute atomic E-state index is 12.2. The van der Waals surface area contributed by atoms with E-state index in [9.17, 15) is 4.79 Å².